The van der Waals surface area contributed by atoms with Crippen LogP contribution in [0.25, 0.3) is 11.1 Å². The Balaban J connectivity index is 1.60. The summed E-state index contributed by atoms with van der Waals surface area (Å²) in [6.45, 7) is 2.92. The fourth-order valence-electron chi connectivity index (χ4n) is 4.74. The molecule has 174 valence electrons. The van der Waals surface area contributed by atoms with Crippen molar-refractivity contribution < 1.29 is 13.5 Å². The van der Waals surface area contributed by atoms with E-state index in [-0.39, 0.29) is 11.8 Å². The van der Waals surface area contributed by atoms with Gasteiger partial charge in [-0.25, -0.2) is 8.78 Å². The van der Waals surface area contributed by atoms with Gasteiger partial charge in [0.05, 0.1) is 6.73 Å². The van der Waals surface area contributed by atoms with Crippen LogP contribution in [0.15, 0.2) is 60.7 Å². The van der Waals surface area contributed by atoms with Crippen molar-refractivity contribution in [2.45, 2.75) is 24.7 Å². The molecule has 3 aromatic rings. The first kappa shape index (κ1) is 23.8. The maximum Gasteiger partial charge on any atom is 0.159 e. The molecule has 0 saturated carbocycles. The van der Waals surface area contributed by atoms with Gasteiger partial charge in [-0.2, -0.15) is 0 Å². The third-order valence-electron chi connectivity index (χ3n) is 6.40. The SMILES string of the molecule is COCNCCc1ccccc1-c1ccc(C2CNCCC2c2ccc(F)c(F)c2)c(Cl)c1. The zero-order valence-electron chi connectivity index (χ0n) is 18.7. The van der Waals surface area contributed by atoms with Crippen LogP contribution in [-0.4, -0.2) is 33.5 Å². The van der Waals surface area contributed by atoms with Crippen molar-refractivity contribution in [3.8, 4) is 11.1 Å². The summed E-state index contributed by atoms with van der Waals surface area (Å²) in [5.41, 5.74) is 5.31. The second-order valence-corrected chi connectivity index (χ2v) is 8.86. The van der Waals surface area contributed by atoms with E-state index in [2.05, 4.69) is 34.9 Å². The molecule has 3 nitrogen and oxygen atoms in total. The lowest BCUT2D eigenvalue weighted by Crippen LogP contribution is -2.34. The monoisotopic (exact) mass is 470 g/mol. The first-order valence-electron chi connectivity index (χ1n) is 11.3. The fraction of sp³-hybridized carbons (Fsp3) is 0.333. The number of hydrogen-bond acceptors (Lipinski definition) is 3. The van der Waals surface area contributed by atoms with Crippen molar-refractivity contribution >= 4 is 11.6 Å². The van der Waals surface area contributed by atoms with Gasteiger partial charge >= 0.3 is 0 Å². The Morgan fingerprint density at radius 3 is 2.67 bits per heavy atom. The molecule has 0 radical (unpaired) electrons. The van der Waals surface area contributed by atoms with Gasteiger partial charge in [-0.1, -0.05) is 54.1 Å². The largest absolute Gasteiger partial charge is 0.370 e. The predicted molar refractivity (Wildman–Crippen MR) is 130 cm³/mol. The summed E-state index contributed by atoms with van der Waals surface area (Å²) in [7, 11) is 1.67. The summed E-state index contributed by atoms with van der Waals surface area (Å²) in [6, 6.07) is 18.8. The van der Waals surface area contributed by atoms with Gasteiger partial charge < -0.3 is 10.1 Å². The lowest BCUT2D eigenvalue weighted by atomic mass is 9.77. The highest BCUT2D eigenvalue weighted by molar-refractivity contribution is 6.31. The molecule has 4 rings (SSSR count). The second kappa shape index (κ2) is 11.2. The van der Waals surface area contributed by atoms with Gasteiger partial charge in [0.2, 0.25) is 0 Å². The van der Waals surface area contributed by atoms with Crippen molar-refractivity contribution in [3.05, 3.63) is 94.0 Å². The van der Waals surface area contributed by atoms with Crippen LogP contribution in [0.3, 0.4) is 0 Å². The standard InChI is InChI=1S/C27H29ClF2N2O/c1-33-17-32-12-10-18-4-2-3-5-21(18)19-6-8-23(25(28)14-19)24-16-31-13-11-22(24)20-7-9-26(29)27(30)15-20/h2-9,14-15,22,24,31-32H,10-13,16-17H2,1H3. The third kappa shape index (κ3) is 5.61. The summed E-state index contributed by atoms with van der Waals surface area (Å²) in [5.74, 6) is -1.46. The number of rotatable bonds is 8. The number of hydrogen-bond donors (Lipinski definition) is 2. The van der Waals surface area contributed by atoms with E-state index >= 15 is 0 Å². The van der Waals surface area contributed by atoms with Crippen molar-refractivity contribution in [3.63, 3.8) is 0 Å². The average Bonchev–Trinajstić information content (AvgIpc) is 2.84. The van der Waals surface area contributed by atoms with Crippen molar-refractivity contribution in [2.24, 2.45) is 0 Å². The Bertz CT molecular complexity index is 1090. The van der Waals surface area contributed by atoms with Gasteiger partial charge in [-0.3, -0.25) is 5.32 Å². The van der Waals surface area contributed by atoms with Crippen molar-refractivity contribution in [1.29, 1.82) is 0 Å². The average molecular weight is 471 g/mol. The van der Waals surface area contributed by atoms with Gasteiger partial charge in [-0.15, -0.1) is 0 Å². The van der Waals surface area contributed by atoms with E-state index < -0.39 is 11.6 Å². The van der Waals surface area contributed by atoms with Crippen molar-refractivity contribution in [2.75, 3.05) is 33.5 Å². The number of halogens is 3. The van der Waals surface area contributed by atoms with Gasteiger partial charge in [0.25, 0.3) is 0 Å². The highest BCUT2D eigenvalue weighted by atomic mass is 35.5. The summed E-state index contributed by atoms with van der Waals surface area (Å²) in [6.07, 6.45) is 1.72. The Hall–Kier alpha value is -2.31. The number of nitrogens with one attached hydrogen (secondary N) is 2. The quantitative estimate of drug-likeness (QED) is 0.318. The van der Waals surface area contributed by atoms with Crippen LogP contribution in [-0.2, 0) is 11.2 Å². The number of piperidine rings is 1. The van der Waals surface area contributed by atoms with Crippen LogP contribution in [0.1, 0.15) is 34.9 Å². The summed E-state index contributed by atoms with van der Waals surface area (Å²) in [4.78, 5) is 0. The summed E-state index contributed by atoms with van der Waals surface area (Å²) >= 11 is 6.83. The van der Waals surface area contributed by atoms with E-state index in [1.165, 1.54) is 17.7 Å². The van der Waals surface area contributed by atoms with E-state index in [9.17, 15) is 8.78 Å². The number of methoxy groups -OCH3 is 1. The van der Waals surface area contributed by atoms with E-state index in [1.807, 2.05) is 18.2 Å². The van der Waals surface area contributed by atoms with Gasteiger partial charge in [-0.05, 0) is 71.3 Å². The summed E-state index contributed by atoms with van der Waals surface area (Å²) < 4.78 is 32.5. The Morgan fingerprint density at radius 2 is 1.88 bits per heavy atom. The smallest absolute Gasteiger partial charge is 0.159 e. The Morgan fingerprint density at radius 1 is 1.03 bits per heavy atom. The zero-order valence-corrected chi connectivity index (χ0v) is 19.5. The minimum absolute atomic E-state index is 0.0730. The number of benzene rings is 3. The lowest BCUT2D eigenvalue weighted by Gasteiger charge is -2.33. The van der Waals surface area contributed by atoms with E-state index in [0.29, 0.717) is 11.8 Å². The molecule has 0 aliphatic carbocycles. The first-order valence-corrected chi connectivity index (χ1v) is 11.7. The topological polar surface area (TPSA) is 33.3 Å². The lowest BCUT2D eigenvalue weighted by molar-refractivity contribution is 0.176. The van der Waals surface area contributed by atoms with Crippen LogP contribution in [0.5, 0.6) is 0 Å². The highest BCUT2D eigenvalue weighted by Gasteiger charge is 2.30. The highest BCUT2D eigenvalue weighted by Crippen LogP contribution is 2.41. The molecule has 2 atom stereocenters. The van der Waals surface area contributed by atoms with E-state index in [1.54, 1.807) is 13.2 Å². The zero-order chi connectivity index (χ0) is 23.2. The normalized spacial score (nSPS) is 18.4. The molecule has 0 aromatic heterocycles. The predicted octanol–water partition coefficient (Wildman–Crippen LogP) is 5.88. The van der Waals surface area contributed by atoms with Crippen LogP contribution < -0.4 is 10.6 Å². The molecule has 6 heteroatoms. The molecule has 1 fully saturated rings. The van der Waals surface area contributed by atoms with Gasteiger partial charge in [0, 0.05) is 31.1 Å². The molecule has 1 aliphatic heterocycles. The van der Waals surface area contributed by atoms with Crippen LogP contribution in [0, 0.1) is 11.6 Å². The first-order chi connectivity index (χ1) is 16.1. The molecule has 2 unspecified atom stereocenters. The van der Waals surface area contributed by atoms with Gasteiger partial charge in [0.15, 0.2) is 11.6 Å². The molecular formula is C27H29ClF2N2O. The molecule has 0 bridgehead atoms. The fourth-order valence-corrected chi connectivity index (χ4v) is 5.06. The second-order valence-electron chi connectivity index (χ2n) is 8.46. The maximum absolute atomic E-state index is 13.9. The minimum Gasteiger partial charge on any atom is -0.370 e. The van der Waals surface area contributed by atoms with Crippen LogP contribution in [0.2, 0.25) is 5.02 Å². The minimum atomic E-state index is -0.817. The summed E-state index contributed by atoms with van der Waals surface area (Å²) in [5, 5.41) is 7.38. The molecule has 2 N–H and O–H groups in total. The molecule has 0 spiro atoms. The van der Waals surface area contributed by atoms with Crippen LogP contribution in [0.4, 0.5) is 8.78 Å². The maximum atomic E-state index is 13.9. The van der Waals surface area contributed by atoms with Gasteiger partial charge in [0.1, 0.15) is 0 Å². The molecule has 33 heavy (non-hydrogen) atoms. The van der Waals surface area contributed by atoms with E-state index in [0.717, 1.165) is 54.7 Å². The molecule has 1 saturated heterocycles. The Kier molecular flexibility index (Phi) is 8.10. The molecule has 0 amide bonds. The van der Waals surface area contributed by atoms with E-state index in [4.69, 9.17) is 16.3 Å². The molecule has 1 aliphatic rings. The third-order valence-corrected chi connectivity index (χ3v) is 6.73. The molecule has 1 heterocycles. The number of ether oxygens (including phenoxy) is 1. The van der Waals surface area contributed by atoms with Crippen molar-refractivity contribution in [1.82, 2.24) is 10.6 Å². The molecule has 3 aromatic carbocycles. The molecular weight excluding hydrogens is 442 g/mol. The van der Waals surface area contributed by atoms with Crippen LogP contribution >= 0.6 is 11.6 Å². The Labute approximate surface area is 199 Å².